The highest BCUT2D eigenvalue weighted by molar-refractivity contribution is 7.89. The molecule has 0 spiro atoms. The number of hydrogen-bond donors (Lipinski definition) is 1. The zero-order chi connectivity index (χ0) is 13.3. The molecule has 0 bridgehead atoms. The van der Waals surface area contributed by atoms with Gasteiger partial charge in [0.05, 0.1) is 17.5 Å². The fourth-order valence-corrected chi connectivity index (χ4v) is 4.06. The molecular weight excluding hydrogens is 240 g/mol. The van der Waals surface area contributed by atoms with E-state index >= 15 is 0 Å². The maximum absolute atomic E-state index is 12.2. The third-order valence-corrected chi connectivity index (χ3v) is 4.80. The van der Waals surface area contributed by atoms with Gasteiger partial charge < -0.3 is 10.5 Å². The summed E-state index contributed by atoms with van der Waals surface area (Å²) >= 11 is 0. The van der Waals surface area contributed by atoms with Crippen molar-refractivity contribution in [3.63, 3.8) is 0 Å². The first-order chi connectivity index (χ1) is 7.66. The third-order valence-electron chi connectivity index (χ3n) is 2.65. The van der Waals surface area contributed by atoms with Crippen molar-refractivity contribution in [1.29, 1.82) is 0 Å². The zero-order valence-corrected chi connectivity index (χ0v) is 12.0. The van der Waals surface area contributed by atoms with Gasteiger partial charge in [0.2, 0.25) is 10.0 Å². The summed E-state index contributed by atoms with van der Waals surface area (Å²) in [6.07, 6.45) is -0.208. The average Bonchev–Trinajstić information content (AvgIpc) is 2.13. The van der Waals surface area contributed by atoms with Crippen molar-refractivity contribution in [2.75, 3.05) is 25.4 Å². The molecule has 1 fully saturated rings. The van der Waals surface area contributed by atoms with Gasteiger partial charge in [0.15, 0.2) is 0 Å². The molecule has 102 valence electrons. The fraction of sp³-hybridized carbons (Fsp3) is 1.00. The Balaban J connectivity index is 2.83. The van der Waals surface area contributed by atoms with Gasteiger partial charge in [0.25, 0.3) is 0 Å². The maximum atomic E-state index is 12.2. The first-order valence-corrected chi connectivity index (χ1v) is 7.63. The Hall–Kier alpha value is -0.170. The van der Waals surface area contributed by atoms with Gasteiger partial charge in [-0.3, -0.25) is 0 Å². The molecular formula is C11H24N2O3S. The van der Waals surface area contributed by atoms with Crippen LogP contribution in [-0.2, 0) is 14.8 Å². The lowest BCUT2D eigenvalue weighted by molar-refractivity contribution is -0.112. The lowest BCUT2D eigenvalue weighted by Crippen LogP contribution is -2.56. The van der Waals surface area contributed by atoms with Crippen LogP contribution in [0.4, 0.5) is 0 Å². The molecule has 0 radical (unpaired) electrons. The highest BCUT2D eigenvalue weighted by Gasteiger charge is 2.38. The van der Waals surface area contributed by atoms with Crippen molar-refractivity contribution >= 4 is 10.0 Å². The monoisotopic (exact) mass is 264 g/mol. The highest BCUT2D eigenvalue weighted by Crippen LogP contribution is 2.23. The molecule has 0 saturated carbocycles. The van der Waals surface area contributed by atoms with Crippen LogP contribution in [0.2, 0.25) is 0 Å². The highest BCUT2D eigenvalue weighted by atomic mass is 32.2. The summed E-state index contributed by atoms with van der Waals surface area (Å²) in [5.74, 6) is 0.308. The van der Waals surface area contributed by atoms with Crippen molar-refractivity contribution in [3.8, 4) is 0 Å². The van der Waals surface area contributed by atoms with Gasteiger partial charge in [-0.15, -0.1) is 0 Å². The summed E-state index contributed by atoms with van der Waals surface area (Å²) in [5.41, 5.74) is 5.12. The number of hydrogen-bond acceptors (Lipinski definition) is 4. The average molecular weight is 264 g/mol. The molecule has 5 nitrogen and oxygen atoms in total. The van der Waals surface area contributed by atoms with E-state index in [0.717, 1.165) is 0 Å². The molecule has 1 aliphatic heterocycles. The summed E-state index contributed by atoms with van der Waals surface area (Å²) in [5, 5.41) is 0. The predicted molar refractivity (Wildman–Crippen MR) is 68.2 cm³/mol. The SMILES string of the molecule is CC(C)CS(=O)(=O)N1CC(CN)OC(C)(C)C1. The van der Waals surface area contributed by atoms with Gasteiger partial charge in [0.1, 0.15) is 0 Å². The van der Waals surface area contributed by atoms with E-state index in [1.54, 1.807) is 0 Å². The molecule has 1 aliphatic rings. The van der Waals surface area contributed by atoms with Crippen molar-refractivity contribution < 1.29 is 13.2 Å². The molecule has 0 aromatic heterocycles. The second-order valence-electron chi connectivity index (χ2n) is 5.70. The third kappa shape index (κ3) is 4.21. The van der Waals surface area contributed by atoms with Gasteiger partial charge in [0, 0.05) is 19.6 Å². The van der Waals surface area contributed by atoms with E-state index < -0.39 is 15.6 Å². The Kier molecular flexibility index (Phi) is 4.57. The molecule has 1 atom stereocenters. The number of nitrogens with two attached hydrogens (primary N) is 1. The molecule has 6 heteroatoms. The Morgan fingerprint density at radius 2 is 2.06 bits per heavy atom. The molecule has 0 amide bonds. The normalized spacial score (nSPS) is 26.4. The van der Waals surface area contributed by atoms with Gasteiger partial charge >= 0.3 is 0 Å². The van der Waals surface area contributed by atoms with E-state index in [1.807, 2.05) is 27.7 Å². The van der Waals surface area contributed by atoms with Crippen LogP contribution in [0, 0.1) is 5.92 Å². The van der Waals surface area contributed by atoms with Crippen LogP contribution in [0.25, 0.3) is 0 Å². The van der Waals surface area contributed by atoms with Crippen molar-refractivity contribution in [3.05, 3.63) is 0 Å². The Labute approximate surface area is 104 Å². The standard InChI is InChI=1S/C11H24N2O3S/c1-9(2)7-17(14,15)13-6-10(5-12)16-11(3,4)8-13/h9-10H,5-8,12H2,1-4H3. The van der Waals surface area contributed by atoms with Crippen molar-refractivity contribution in [1.82, 2.24) is 4.31 Å². The molecule has 0 aliphatic carbocycles. The minimum atomic E-state index is -3.20. The van der Waals surface area contributed by atoms with E-state index in [-0.39, 0.29) is 17.8 Å². The molecule has 1 rings (SSSR count). The maximum Gasteiger partial charge on any atom is 0.214 e. The van der Waals surface area contributed by atoms with Gasteiger partial charge in [-0.25, -0.2) is 8.42 Å². The summed E-state index contributed by atoms with van der Waals surface area (Å²) in [7, 11) is -3.20. The molecule has 1 saturated heterocycles. The van der Waals surface area contributed by atoms with Crippen LogP contribution in [0.3, 0.4) is 0 Å². The Bertz CT molecular complexity index is 352. The summed E-state index contributed by atoms with van der Waals surface area (Å²) in [4.78, 5) is 0. The van der Waals surface area contributed by atoms with Crippen molar-refractivity contribution in [2.24, 2.45) is 11.7 Å². The van der Waals surface area contributed by atoms with Crippen LogP contribution in [0.15, 0.2) is 0 Å². The number of nitrogens with zero attached hydrogens (tertiary/aromatic N) is 1. The number of ether oxygens (including phenoxy) is 1. The first kappa shape index (κ1) is 14.9. The quantitative estimate of drug-likeness (QED) is 0.798. The second kappa shape index (κ2) is 5.22. The van der Waals surface area contributed by atoms with E-state index in [4.69, 9.17) is 10.5 Å². The minimum absolute atomic E-state index is 0.127. The van der Waals surface area contributed by atoms with E-state index in [1.165, 1.54) is 4.31 Å². The second-order valence-corrected chi connectivity index (χ2v) is 7.71. The van der Waals surface area contributed by atoms with Crippen LogP contribution >= 0.6 is 0 Å². The lowest BCUT2D eigenvalue weighted by atomic mass is 10.1. The zero-order valence-electron chi connectivity index (χ0n) is 11.1. The number of sulfonamides is 1. The largest absolute Gasteiger partial charge is 0.368 e. The number of morpholine rings is 1. The summed E-state index contributed by atoms with van der Waals surface area (Å²) < 4.78 is 31.6. The smallest absolute Gasteiger partial charge is 0.214 e. The van der Waals surface area contributed by atoms with E-state index in [9.17, 15) is 8.42 Å². The molecule has 0 aromatic carbocycles. The minimum Gasteiger partial charge on any atom is -0.368 e. The van der Waals surface area contributed by atoms with E-state index in [0.29, 0.717) is 19.6 Å². The summed E-state index contributed by atoms with van der Waals surface area (Å²) in [6, 6.07) is 0. The molecule has 1 heterocycles. The first-order valence-electron chi connectivity index (χ1n) is 6.02. The van der Waals surface area contributed by atoms with Crippen LogP contribution in [-0.4, -0.2) is 49.8 Å². The van der Waals surface area contributed by atoms with E-state index in [2.05, 4.69) is 0 Å². The van der Waals surface area contributed by atoms with Crippen LogP contribution < -0.4 is 5.73 Å². The lowest BCUT2D eigenvalue weighted by Gasteiger charge is -2.41. The van der Waals surface area contributed by atoms with Gasteiger partial charge in [-0.2, -0.15) is 4.31 Å². The molecule has 2 N–H and O–H groups in total. The summed E-state index contributed by atoms with van der Waals surface area (Å²) in [6.45, 7) is 8.72. The van der Waals surface area contributed by atoms with Crippen molar-refractivity contribution in [2.45, 2.75) is 39.4 Å². The molecule has 1 unspecified atom stereocenters. The predicted octanol–water partition coefficient (Wildman–Crippen LogP) is 0.410. The molecule has 17 heavy (non-hydrogen) atoms. The Morgan fingerprint density at radius 3 is 2.53 bits per heavy atom. The van der Waals surface area contributed by atoms with Crippen LogP contribution in [0.1, 0.15) is 27.7 Å². The topological polar surface area (TPSA) is 72.6 Å². The fourth-order valence-electron chi connectivity index (χ4n) is 2.10. The van der Waals surface area contributed by atoms with Gasteiger partial charge in [-0.05, 0) is 19.8 Å². The number of rotatable bonds is 4. The molecule has 0 aromatic rings. The van der Waals surface area contributed by atoms with Crippen LogP contribution in [0.5, 0.6) is 0 Å². The van der Waals surface area contributed by atoms with Gasteiger partial charge in [-0.1, -0.05) is 13.8 Å². The Morgan fingerprint density at radius 1 is 1.47 bits per heavy atom.